The van der Waals surface area contributed by atoms with Crippen molar-refractivity contribution in [2.45, 2.75) is 6.92 Å². The lowest BCUT2D eigenvalue weighted by molar-refractivity contribution is 0.0846. The largest absolute Gasteiger partial charge is 0.454 e. The number of benzene rings is 2. The molecule has 0 aliphatic carbocycles. The predicted molar refractivity (Wildman–Crippen MR) is 93.4 cm³/mol. The molecule has 0 radical (unpaired) electrons. The van der Waals surface area contributed by atoms with Crippen LogP contribution in [0.5, 0.6) is 11.5 Å². The highest BCUT2D eigenvalue weighted by Crippen LogP contribution is 2.33. The van der Waals surface area contributed by atoms with Crippen molar-refractivity contribution in [2.75, 3.05) is 6.79 Å². The van der Waals surface area contributed by atoms with E-state index < -0.39 is 17.5 Å². The van der Waals surface area contributed by atoms with E-state index in [1.807, 2.05) is 24.3 Å². The standard InChI is InChI=1S/C20H14N2O4/c1-11-18(13-4-2-3-5-15(13)22-11)20(24)14(9-21)19(23)12-6-7-16-17(8-12)26-10-25-16/h2-8,14,22H,10H2,1H3/t14-/m1/s1. The van der Waals surface area contributed by atoms with Crippen molar-refractivity contribution in [3.8, 4) is 17.6 Å². The number of H-pyrrole nitrogens is 1. The summed E-state index contributed by atoms with van der Waals surface area (Å²) in [6.07, 6.45) is 0. The van der Waals surface area contributed by atoms with E-state index in [9.17, 15) is 14.9 Å². The second kappa shape index (κ2) is 6.05. The number of nitriles is 1. The normalized spacial score (nSPS) is 13.4. The molecule has 2 heterocycles. The van der Waals surface area contributed by atoms with E-state index in [1.165, 1.54) is 12.1 Å². The van der Waals surface area contributed by atoms with Gasteiger partial charge in [-0.2, -0.15) is 5.26 Å². The number of aromatic amines is 1. The molecule has 1 aromatic heterocycles. The number of nitrogens with zero attached hydrogens (tertiary/aromatic N) is 1. The topological polar surface area (TPSA) is 92.2 Å². The summed E-state index contributed by atoms with van der Waals surface area (Å²) in [5.41, 5.74) is 2.04. The van der Waals surface area contributed by atoms with Crippen molar-refractivity contribution in [3.05, 3.63) is 59.3 Å². The fourth-order valence-corrected chi connectivity index (χ4v) is 3.19. The van der Waals surface area contributed by atoms with Crippen molar-refractivity contribution >= 4 is 22.5 Å². The molecule has 1 atom stereocenters. The summed E-state index contributed by atoms with van der Waals surface area (Å²) in [6, 6.07) is 13.8. The van der Waals surface area contributed by atoms with E-state index in [2.05, 4.69) is 4.98 Å². The molecule has 1 aliphatic rings. The number of aryl methyl sites for hydroxylation is 1. The van der Waals surface area contributed by atoms with Gasteiger partial charge in [-0.05, 0) is 31.2 Å². The summed E-state index contributed by atoms with van der Waals surface area (Å²) in [7, 11) is 0. The van der Waals surface area contributed by atoms with Crippen LogP contribution >= 0.6 is 0 Å². The molecule has 0 saturated carbocycles. The zero-order valence-corrected chi connectivity index (χ0v) is 13.9. The Labute approximate surface area is 149 Å². The van der Waals surface area contributed by atoms with Crippen LogP contribution in [0, 0.1) is 24.2 Å². The van der Waals surface area contributed by atoms with Gasteiger partial charge in [-0.3, -0.25) is 9.59 Å². The third-order valence-electron chi connectivity index (χ3n) is 4.45. The molecule has 0 unspecified atom stereocenters. The van der Waals surface area contributed by atoms with E-state index in [0.717, 1.165) is 5.52 Å². The summed E-state index contributed by atoms with van der Waals surface area (Å²) in [6.45, 7) is 1.84. The van der Waals surface area contributed by atoms with Gasteiger partial charge in [0.05, 0.1) is 6.07 Å². The van der Waals surface area contributed by atoms with E-state index in [-0.39, 0.29) is 12.4 Å². The molecule has 1 N–H and O–H groups in total. The van der Waals surface area contributed by atoms with Gasteiger partial charge in [0, 0.05) is 27.7 Å². The smallest absolute Gasteiger partial charge is 0.231 e. The zero-order chi connectivity index (χ0) is 18.3. The van der Waals surface area contributed by atoms with E-state index in [4.69, 9.17) is 9.47 Å². The maximum Gasteiger partial charge on any atom is 0.231 e. The number of ketones is 2. The lowest BCUT2D eigenvalue weighted by atomic mass is 9.90. The lowest BCUT2D eigenvalue weighted by Crippen LogP contribution is -2.23. The molecule has 0 spiro atoms. The molecule has 6 nitrogen and oxygen atoms in total. The minimum atomic E-state index is -1.42. The number of carbonyl (C=O) groups excluding carboxylic acids is 2. The van der Waals surface area contributed by atoms with Crippen molar-refractivity contribution < 1.29 is 19.1 Å². The van der Waals surface area contributed by atoms with Crippen molar-refractivity contribution in [3.63, 3.8) is 0 Å². The Morgan fingerprint density at radius 1 is 1.12 bits per heavy atom. The molecular formula is C20H14N2O4. The number of hydrogen-bond donors (Lipinski definition) is 1. The van der Waals surface area contributed by atoms with Crippen LogP contribution in [0.1, 0.15) is 26.4 Å². The van der Waals surface area contributed by atoms with Crippen LogP contribution in [-0.4, -0.2) is 23.3 Å². The molecule has 1 aliphatic heterocycles. The zero-order valence-electron chi connectivity index (χ0n) is 13.9. The van der Waals surface area contributed by atoms with Gasteiger partial charge in [0.1, 0.15) is 0 Å². The van der Waals surface area contributed by atoms with Crippen molar-refractivity contribution in [1.82, 2.24) is 4.98 Å². The predicted octanol–water partition coefficient (Wildman–Crippen LogP) is 3.41. The summed E-state index contributed by atoms with van der Waals surface area (Å²) in [4.78, 5) is 28.9. The number of aromatic nitrogens is 1. The van der Waals surface area contributed by atoms with Gasteiger partial charge in [-0.15, -0.1) is 0 Å². The molecule has 0 amide bonds. The highest BCUT2D eigenvalue weighted by molar-refractivity contribution is 6.22. The number of Topliss-reactive ketones (excluding diaryl/α,β-unsaturated/α-hetero) is 2. The van der Waals surface area contributed by atoms with Crippen molar-refractivity contribution in [1.29, 1.82) is 5.26 Å². The summed E-state index contributed by atoms with van der Waals surface area (Å²) in [5.74, 6) is -1.52. The van der Waals surface area contributed by atoms with Crippen LogP contribution in [0.4, 0.5) is 0 Å². The van der Waals surface area contributed by atoms with Gasteiger partial charge >= 0.3 is 0 Å². The molecule has 4 rings (SSSR count). The van der Waals surface area contributed by atoms with Gasteiger partial charge in [0.2, 0.25) is 6.79 Å². The molecule has 0 fully saturated rings. The Morgan fingerprint density at radius 3 is 2.69 bits per heavy atom. The monoisotopic (exact) mass is 346 g/mol. The number of carbonyl (C=O) groups is 2. The lowest BCUT2D eigenvalue weighted by Gasteiger charge is -2.09. The SMILES string of the molecule is Cc1[nH]c2ccccc2c1C(=O)[C@H](C#N)C(=O)c1ccc2c(c1)OCO2. The van der Waals surface area contributed by atoms with Crippen molar-refractivity contribution in [2.24, 2.45) is 5.92 Å². The quantitative estimate of drug-likeness (QED) is 0.577. The Morgan fingerprint density at radius 2 is 1.88 bits per heavy atom. The van der Waals surface area contributed by atoms with E-state index in [0.29, 0.717) is 28.1 Å². The molecule has 128 valence electrons. The summed E-state index contributed by atoms with van der Waals surface area (Å²) >= 11 is 0. The first-order valence-corrected chi connectivity index (χ1v) is 8.05. The fourth-order valence-electron chi connectivity index (χ4n) is 3.19. The van der Waals surface area contributed by atoms with E-state index in [1.54, 1.807) is 19.1 Å². The number of fused-ring (bicyclic) bond motifs is 2. The minimum absolute atomic E-state index is 0.0854. The number of para-hydroxylation sites is 1. The maximum atomic E-state index is 13.0. The van der Waals surface area contributed by atoms with Crippen LogP contribution in [0.25, 0.3) is 10.9 Å². The third-order valence-corrected chi connectivity index (χ3v) is 4.45. The Balaban J connectivity index is 1.72. The minimum Gasteiger partial charge on any atom is -0.454 e. The highest BCUT2D eigenvalue weighted by atomic mass is 16.7. The second-order valence-corrected chi connectivity index (χ2v) is 6.03. The molecule has 26 heavy (non-hydrogen) atoms. The van der Waals surface area contributed by atoms with Gasteiger partial charge in [-0.25, -0.2) is 0 Å². The molecule has 6 heteroatoms. The summed E-state index contributed by atoms with van der Waals surface area (Å²) in [5, 5.41) is 10.2. The molecule has 0 bridgehead atoms. The molecular weight excluding hydrogens is 332 g/mol. The molecule has 2 aromatic carbocycles. The van der Waals surface area contributed by atoms with Crippen LogP contribution < -0.4 is 9.47 Å². The molecule has 3 aromatic rings. The Hall–Kier alpha value is -3.59. The van der Waals surface area contributed by atoms with E-state index >= 15 is 0 Å². The van der Waals surface area contributed by atoms with Crippen LogP contribution in [0.3, 0.4) is 0 Å². The third kappa shape index (κ3) is 2.42. The first kappa shape index (κ1) is 15.9. The van der Waals surface area contributed by atoms with Crippen LogP contribution in [0.15, 0.2) is 42.5 Å². The number of ether oxygens (including phenoxy) is 2. The highest BCUT2D eigenvalue weighted by Gasteiger charge is 2.32. The van der Waals surface area contributed by atoms with Gasteiger partial charge in [0.15, 0.2) is 29.0 Å². The number of hydrogen-bond acceptors (Lipinski definition) is 5. The average Bonchev–Trinajstić information content (AvgIpc) is 3.24. The number of nitrogens with one attached hydrogen (secondary N) is 1. The Bertz CT molecular complexity index is 1090. The Kier molecular flexibility index (Phi) is 3.70. The average molecular weight is 346 g/mol. The van der Waals surface area contributed by atoms with Crippen LogP contribution in [-0.2, 0) is 0 Å². The maximum absolute atomic E-state index is 13.0. The van der Waals surface area contributed by atoms with Crippen LogP contribution in [0.2, 0.25) is 0 Å². The summed E-state index contributed by atoms with van der Waals surface area (Å²) < 4.78 is 10.5. The number of rotatable bonds is 4. The second-order valence-electron chi connectivity index (χ2n) is 6.03. The van der Waals surface area contributed by atoms with Gasteiger partial charge in [-0.1, -0.05) is 18.2 Å². The first-order valence-electron chi connectivity index (χ1n) is 8.05. The molecule has 0 saturated heterocycles. The van der Waals surface area contributed by atoms with Gasteiger partial charge in [0.25, 0.3) is 0 Å². The fraction of sp³-hybridized carbons (Fsp3) is 0.150. The van der Waals surface area contributed by atoms with Gasteiger partial charge < -0.3 is 14.5 Å². The first-order chi connectivity index (χ1) is 12.6.